The van der Waals surface area contributed by atoms with Crippen LogP contribution in [0.4, 0.5) is 13.2 Å². The molecule has 0 spiro atoms. The van der Waals surface area contributed by atoms with E-state index >= 15 is 0 Å². The maximum absolute atomic E-state index is 12.0. The Bertz CT molecular complexity index is 625. The van der Waals surface area contributed by atoms with E-state index in [1.165, 1.54) is 6.26 Å². The highest BCUT2D eigenvalue weighted by Crippen LogP contribution is 2.24. The molecular weight excluding hydrogens is 321 g/mol. The zero-order chi connectivity index (χ0) is 16.2. The molecule has 22 heavy (non-hydrogen) atoms. The Labute approximate surface area is 128 Å². The van der Waals surface area contributed by atoms with Gasteiger partial charge in [-0.3, -0.25) is 9.36 Å². The van der Waals surface area contributed by atoms with E-state index in [1.807, 2.05) is 6.92 Å². The molecule has 0 aromatic carbocycles. The molecular formula is C12H13F3N4O2S. The molecule has 2 aromatic heterocycles. The van der Waals surface area contributed by atoms with Gasteiger partial charge in [0.2, 0.25) is 5.91 Å². The van der Waals surface area contributed by atoms with Gasteiger partial charge in [0.05, 0.1) is 12.0 Å². The Hall–Kier alpha value is -1.97. The van der Waals surface area contributed by atoms with E-state index < -0.39 is 18.6 Å². The minimum absolute atomic E-state index is 0.174. The highest BCUT2D eigenvalue weighted by atomic mass is 32.2. The van der Waals surface area contributed by atoms with Crippen molar-refractivity contribution in [3.8, 4) is 11.6 Å². The summed E-state index contributed by atoms with van der Waals surface area (Å²) < 4.78 is 43.0. The van der Waals surface area contributed by atoms with Crippen LogP contribution in [0.3, 0.4) is 0 Å². The standard InChI is InChI=1S/C12H13F3N4O2S/c1-2-19-10(8-4-3-5-21-8)17-18-11(19)22-6-9(20)16-7-12(13,14)15/h3-5H,2,6-7H2,1H3,(H,16,20). The smallest absolute Gasteiger partial charge is 0.405 e. The van der Waals surface area contributed by atoms with E-state index in [-0.39, 0.29) is 5.75 Å². The van der Waals surface area contributed by atoms with Crippen LogP contribution in [-0.2, 0) is 11.3 Å². The van der Waals surface area contributed by atoms with E-state index in [4.69, 9.17) is 4.42 Å². The van der Waals surface area contributed by atoms with Gasteiger partial charge >= 0.3 is 6.18 Å². The van der Waals surface area contributed by atoms with Crippen molar-refractivity contribution in [2.45, 2.75) is 24.8 Å². The summed E-state index contributed by atoms with van der Waals surface area (Å²) in [6.45, 7) is 1.06. The summed E-state index contributed by atoms with van der Waals surface area (Å²) in [6, 6.07) is 3.43. The molecule has 0 aliphatic rings. The Balaban J connectivity index is 1.98. The van der Waals surface area contributed by atoms with Crippen LogP contribution in [0.25, 0.3) is 11.6 Å². The van der Waals surface area contributed by atoms with Crippen LogP contribution in [0, 0.1) is 0 Å². The van der Waals surface area contributed by atoms with Gasteiger partial charge in [-0.2, -0.15) is 13.2 Å². The number of thioether (sulfide) groups is 1. The number of amides is 1. The molecule has 1 N–H and O–H groups in total. The van der Waals surface area contributed by atoms with Crippen molar-refractivity contribution in [3.63, 3.8) is 0 Å². The van der Waals surface area contributed by atoms with Crippen LogP contribution in [0.1, 0.15) is 6.92 Å². The normalized spacial score (nSPS) is 11.6. The van der Waals surface area contributed by atoms with Crippen molar-refractivity contribution in [1.29, 1.82) is 0 Å². The third kappa shape index (κ3) is 4.26. The molecule has 0 radical (unpaired) electrons. The van der Waals surface area contributed by atoms with Crippen molar-refractivity contribution >= 4 is 17.7 Å². The van der Waals surface area contributed by atoms with Crippen LogP contribution in [0.5, 0.6) is 0 Å². The number of hydrogen-bond donors (Lipinski definition) is 1. The van der Waals surface area contributed by atoms with E-state index in [1.54, 1.807) is 22.0 Å². The van der Waals surface area contributed by atoms with Gasteiger partial charge in [0, 0.05) is 6.54 Å². The Morgan fingerprint density at radius 2 is 2.23 bits per heavy atom. The molecule has 0 fully saturated rings. The predicted octanol–water partition coefficient (Wildman–Crippen LogP) is 2.33. The fourth-order valence-corrected chi connectivity index (χ4v) is 2.48. The fraction of sp³-hybridized carbons (Fsp3) is 0.417. The first kappa shape index (κ1) is 16.4. The van der Waals surface area contributed by atoms with E-state index in [2.05, 4.69) is 10.2 Å². The number of aromatic nitrogens is 3. The Morgan fingerprint density at radius 3 is 2.82 bits per heavy atom. The van der Waals surface area contributed by atoms with Gasteiger partial charge in [-0.15, -0.1) is 10.2 Å². The number of furan rings is 1. The molecule has 0 aliphatic heterocycles. The number of halogens is 3. The Kier molecular flexibility index (Phi) is 5.11. The highest BCUT2D eigenvalue weighted by molar-refractivity contribution is 7.99. The largest absolute Gasteiger partial charge is 0.461 e. The monoisotopic (exact) mass is 334 g/mol. The lowest BCUT2D eigenvalue weighted by Crippen LogP contribution is -2.34. The lowest BCUT2D eigenvalue weighted by molar-refractivity contribution is -0.136. The summed E-state index contributed by atoms with van der Waals surface area (Å²) in [5, 5.41) is 10.2. The van der Waals surface area contributed by atoms with Gasteiger partial charge in [0.15, 0.2) is 16.7 Å². The van der Waals surface area contributed by atoms with Crippen molar-refractivity contribution in [1.82, 2.24) is 20.1 Å². The number of rotatable bonds is 6. The lowest BCUT2D eigenvalue weighted by atomic mass is 10.4. The summed E-state index contributed by atoms with van der Waals surface area (Å²) in [6.07, 6.45) is -2.92. The van der Waals surface area contributed by atoms with Gasteiger partial charge in [0.1, 0.15) is 6.54 Å². The Morgan fingerprint density at radius 1 is 1.45 bits per heavy atom. The molecule has 0 unspecified atom stereocenters. The first-order valence-electron chi connectivity index (χ1n) is 6.34. The van der Waals surface area contributed by atoms with Gasteiger partial charge < -0.3 is 9.73 Å². The van der Waals surface area contributed by atoms with Crippen LogP contribution < -0.4 is 5.32 Å². The molecule has 6 nitrogen and oxygen atoms in total. The number of hydrogen-bond acceptors (Lipinski definition) is 5. The lowest BCUT2D eigenvalue weighted by Gasteiger charge is -2.08. The summed E-state index contributed by atoms with van der Waals surface area (Å²) in [7, 11) is 0. The molecule has 1 amide bonds. The average Bonchev–Trinajstić information content (AvgIpc) is 3.10. The third-order valence-corrected chi connectivity index (χ3v) is 3.56. The van der Waals surface area contributed by atoms with E-state index in [0.29, 0.717) is 23.3 Å². The van der Waals surface area contributed by atoms with E-state index in [9.17, 15) is 18.0 Å². The maximum Gasteiger partial charge on any atom is 0.405 e. The van der Waals surface area contributed by atoms with Crippen molar-refractivity contribution in [2.75, 3.05) is 12.3 Å². The number of carbonyl (C=O) groups is 1. The van der Waals surface area contributed by atoms with Gasteiger partial charge in [-0.1, -0.05) is 11.8 Å². The molecule has 0 bridgehead atoms. The number of alkyl halides is 3. The molecule has 0 aliphatic carbocycles. The van der Waals surface area contributed by atoms with Gasteiger partial charge in [0.25, 0.3) is 0 Å². The first-order valence-corrected chi connectivity index (χ1v) is 7.32. The molecule has 2 rings (SSSR count). The second-order valence-corrected chi connectivity index (χ2v) is 5.15. The first-order chi connectivity index (χ1) is 10.4. The quantitative estimate of drug-likeness (QED) is 0.821. The minimum Gasteiger partial charge on any atom is -0.461 e. The molecule has 2 heterocycles. The molecule has 10 heteroatoms. The van der Waals surface area contributed by atoms with Gasteiger partial charge in [-0.25, -0.2) is 0 Å². The van der Waals surface area contributed by atoms with Crippen LogP contribution in [-0.4, -0.2) is 39.1 Å². The maximum atomic E-state index is 12.0. The summed E-state index contributed by atoms with van der Waals surface area (Å²) in [5.74, 6) is 0.146. The summed E-state index contributed by atoms with van der Waals surface area (Å²) in [5.41, 5.74) is 0. The zero-order valence-electron chi connectivity index (χ0n) is 11.6. The summed E-state index contributed by atoms with van der Waals surface area (Å²) in [4.78, 5) is 11.4. The molecule has 0 saturated carbocycles. The molecule has 2 aromatic rings. The van der Waals surface area contributed by atoms with Crippen molar-refractivity contribution in [3.05, 3.63) is 18.4 Å². The van der Waals surface area contributed by atoms with Crippen LogP contribution >= 0.6 is 11.8 Å². The van der Waals surface area contributed by atoms with Gasteiger partial charge in [-0.05, 0) is 19.1 Å². The van der Waals surface area contributed by atoms with E-state index in [0.717, 1.165) is 11.8 Å². The summed E-state index contributed by atoms with van der Waals surface area (Å²) >= 11 is 1.02. The second kappa shape index (κ2) is 6.86. The number of nitrogens with one attached hydrogen (secondary N) is 1. The molecule has 0 atom stereocenters. The van der Waals surface area contributed by atoms with Crippen molar-refractivity contribution in [2.24, 2.45) is 0 Å². The fourth-order valence-electron chi connectivity index (χ4n) is 1.65. The highest BCUT2D eigenvalue weighted by Gasteiger charge is 2.27. The average molecular weight is 334 g/mol. The SMILES string of the molecule is CCn1c(SCC(=O)NCC(F)(F)F)nnc1-c1ccco1. The van der Waals surface area contributed by atoms with Crippen LogP contribution in [0.15, 0.2) is 28.0 Å². The topological polar surface area (TPSA) is 73.0 Å². The molecule has 0 saturated heterocycles. The zero-order valence-corrected chi connectivity index (χ0v) is 12.4. The third-order valence-electron chi connectivity index (χ3n) is 2.59. The number of carbonyl (C=O) groups excluding carboxylic acids is 1. The second-order valence-electron chi connectivity index (χ2n) is 4.21. The number of nitrogens with zero attached hydrogens (tertiary/aromatic N) is 3. The molecule has 120 valence electrons. The van der Waals surface area contributed by atoms with Crippen molar-refractivity contribution < 1.29 is 22.4 Å². The predicted molar refractivity (Wildman–Crippen MR) is 73.2 cm³/mol. The minimum atomic E-state index is -4.42. The van der Waals surface area contributed by atoms with Crippen LogP contribution in [0.2, 0.25) is 0 Å².